The molecule has 0 unspecified atom stereocenters. The Morgan fingerprint density at radius 3 is 2.30 bits per heavy atom. The van der Waals surface area contributed by atoms with Crippen LogP contribution in [-0.2, 0) is 0 Å². The molecule has 4 fully saturated rings. The summed E-state index contributed by atoms with van der Waals surface area (Å²) < 4.78 is 5.60. The molecule has 23 heavy (non-hydrogen) atoms. The number of hydrogen-bond acceptors (Lipinski definition) is 2. The molecule has 0 atom stereocenters. The SMILES string of the molecule is O=C(NCCOc1ccccc1)NC1C2CC3CC(C2)CC1C3. The van der Waals surface area contributed by atoms with Gasteiger partial charge in [0.2, 0.25) is 0 Å². The summed E-state index contributed by atoms with van der Waals surface area (Å²) in [4.78, 5) is 12.2. The molecule has 124 valence electrons. The Balaban J connectivity index is 1.20. The minimum absolute atomic E-state index is 0.0286. The van der Waals surface area contributed by atoms with E-state index in [0.717, 1.165) is 29.4 Å². The van der Waals surface area contributed by atoms with Gasteiger partial charge in [0.15, 0.2) is 0 Å². The van der Waals surface area contributed by atoms with Gasteiger partial charge in [-0.15, -0.1) is 0 Å². The van der Waals surface area contributed by atoms with E-state index in [4.69, 9.17) is 4.74 Å². The topological polar surface area (TPSA) is 50.4 Å². The molecule has 1 aromatic carbocycles. The van der Waals surface area contributed by atoms with E-state index >= 15 is 0 Å². The molecule has 4 nitrogen and oxygen atoms in total. The Labute approximate surface area is 138 Å². The normalized spacial score (nSPS) is 34.2. The van der Waals surface area contributed by atoms with Crippen molar-refractivity contribution in [3.8, 4) is 5.75 Å². The first-order chi connectivity index (χ1) is 11.3. The summed E-state index contributed by atoms with van der Waals surface area (Å²) in [5.74, 6) is 4.17. The van der Waals surface area contributed by atoms with Crippen molar-refractivity contribution in [2.45, 2.75) is 38.1 Å². The summed E-state index contributed by atoms with van der Waals surface area (Å²) in [5, 5.41) is 6.19. The lowest BCUT2D eigenvalue weighted by atomic mass is 9.54. The predicted octanol–water partition coefficient (Wildman–Crippen LogP) is 3.19. The lowest BCUT2D eigenvalue weighted by Crippen LogP contribution is -2.57. The van der Waals surface area contributed by atoms with Crippen LogP contribution in [0.2, 0.25) is 0 Å². The van der Waals surface area contributed by atoms with Crippen LogP contribution >= 0.6 is 0 Å². The van der Waals surface area contributed by atoms with Crippen molar-refractivity contribution in [2.75, 3.05) is 13.2 Å². The summed E-state index contributed by atoms with van der Waals surface area (Å²) in [6, 6.07) is 10.1. The Morgan fingerprint density at radius 2 is 1.65 bits per heavy atom. The minimum atomic E-state index is -0.0286. The lowest BCUT2D eigenvalue weighted by Gasteiger charge is -2.54. The van der Waals surface area contributed by atoms with Crippen molar-refractivity contribution >= 4 is 6.03 Å². The summed E-state index contributed by atoms with van der Waals surface area (Å²) in [7, 11) is 0. The van der Waals surface area contributed by atoms with Crippen molar-refractivity contribution in [3.05, 3.63) is 30.3 Å². The van der Waals surface area contributed by atoms with Gasteiger partial charge in [-0.1, -0.05) is 18.2 Å². The largest absolute Gasteiger partial charge is 0.492 e. The van der Waals surface area contributed by atoms with Crippen molar-refractivity contribution in [3.63, 3.8) is 0 Å². The second-order valence-corrected chi connectivity index (χ2v) is 7.52. The highest BCUT2D eigenvalue weighted by atomic mass is 16.5. The lowest BCUT2D eigenvalue weighted by molar-refractivity contribution is -0.00942. The number of hydrogen-bond donors (Lipinski definition) is 2. The van der Waals surface area contributed by atoms with E-state index in [9.17, 15) is 4.79 Å². The van der Waals surface area contributed by atoms with E-state index in [-0.39, 0.29) is 6.03 Å². The average Bonchev–Trinajstić information content (AvgIpc) is 2.55. The molecule has 5 rings (SSSR count). The third kappa shape index (κ3) is 3.31. The van der Waals surface area contributed by atoms with Gasteiger partial charge in [0, 0.05) is 6.04 Å². The quantitative estimate of drug-likeness (QED) is 0.820. The van der Waals surface area contributed by atoms with E-state index < -0.39 is 0 Å². The first-order valence-electron chi connectivity index (χ1n) is 9.00. The van der Waals surface area contributed by atoms with E-state index in [1.54, 1.807) is 0 Å². The number of para-hydroxylation sites is 1. The first-order valence-corrected chi connectivity index (χ1v) is 9.00. The molecule has 4 heteroatoms. The van der Waals surface area contributed by atoms with Gasteiger partial charge in [0.1, 0.15) is 12.4 Å². The third-order valence-electron chi connectivity index (χ3n) is 5.92. The molecule has 4 saturated carbocycles. The van der Waals surface area contributed by atoms with Crippen LogP contribution in [0.4, 0.5) is 4.79 Å². The monoisotopic (exact) mass is 314 g/mol. The van der Waals surface area contributed by atoms with Crippen LogP contribution in [0.15, 0.2) is 30.3 Å². The molecule has 1 aromatic rings. The summed E-state index contributed by atoms with van der Waals surface area (Å²) in [6.07, 6.45) is 6.76. The van der Waals surface area contributed by atoms with Gasteiger partial charge in [-0.2, -0.15) is 0 Å². The van der Waals surface area contributed by atoms with Crippen LogP contribution in [0.3, 0.4) is 0 Å². The molecule has 4 aliphatic carbocycles. The Bertz CT molecular complexity index is 518. The second kappa shape index (κ2) is 6.42. The smallest absolute Gasteiger partial charge is 0.315 e. The van der Waals surface area contributed by atoms with Crippen molar-refractivity contribution in [2.24, 2.45) is 23.7 Å². The fourth-order valence-electron chi connectivity index (χ4n) is 5.21. The molecular formula is C19H26N2O2. The molecule has 0 aromatic heterocycles. The molecule has 0 spiro atoms. The number of rotatable bonds is 5. The van der Waals surface area contributed by atoms with Crippen molar-refractivity contribution in [1.29, 1.82) is 0 Å². The molecular weight excluding hydrogens is 288 g/mol. The molecule has 4 aliphatic rings. The third-order valence-corrected chi connectivity index (χ3v) is 5.92. The van der Waals surface area contributed by atoms with Crippen molar-refractivity contribution in [1.82, 2.24) is 10.6 Å². The van der Waals surface area contributed by atoms with E-state index in [0.29, 0.717) is 19.2 Å². The van der Waals surface area contributed by atoms with Crippen LogP contribution in [0.5, 0.6) is 5.75 Å². The standard InChI is InChI=1S/C19H26N2O2/c22-19(20-6-7-23-17-4-2-1-3-5-17)21-18-15-9-13-8-14(11-15)12-16(18)10-13/h1-5,13-16,18H,6-12H2,(H2,20,21,22). The Morgan fingerprint density at radius 1 is 1.00 bits per heavy atom. The molecule has 2 N–H and O–H groups in total. The van der Waals surface area contributed by atoms with Gasteiger partial charge in [-0.25, -0.2) is 4.79 Å². The van der Waals surface area contributed by atoms with Gasteiger partial charge in [-0.3, -0.25) is 0 Å². The summed E-state index contributed by atoms with van der Waals surface area (Å²) >= 11 is 0. The minimum Gasteiger partial charge on any atom is -0.492 e. The zero-order chi connectivity index (χ0) is 15.6. The first kappa shape index (κ1) is 14.9. The zero-order valence-electron chi connectivity index (χ0n) is 13.5. The predicted molar refractivity (Wildman–Crippen MR) is 89.3 cm³/mol. The van der Waals surface area contributed by atoms with Gasteiger partial charge in [0.05, 0.1) is 6.54 Å². The van der Waals surface area contributed by atoms with E-state index in [2.05, 4.69) is 10.6 Å². The summed E-state index contributed by atoms with van der Waals surface area (Å²) in [5.41, 5.74) is 0. The fraction of sp³-hybridized carbons (Fsp3) is 0.632. The van der Waals surface area contributed by atoms with Crippen LogP contribution < -0.4 is 15.4 Å². The maximum Gasteiger partial charge on any atom is 0.315 e. The second-order valence-electron chi connectivity index (χ2n) is 7.52. The van der Waals surface area contributed by atoms with Crippen LogP contribution in [0, 0.1) is 23.7 Å². The van der Waals surface area contributed by atoms with Gasteiger partial charge < -0.3 is 15.4 Å². The van der Waals surface area contributed by atoms with Crippen LogP contribution in [0.25, 0.3) is 0 Å². The number of carbonyl (C=O) groups is 1. The molecule has 0 heterocycles. The molecule has 4 bridgehead atoms. The molecule has 0 aliphatic heterocycles. The maximum absolute atomic E-state index is 12.2. The Kier molecular flexibility index (Phi) is 4.15. The van der Waals surface area contributed by atoms with Gasteiger partial charge in [-0.05, 0) is 67.9 Å². The highest BCUT2D eigenvalue weighted by molar-refractivity contribution is 5.74. The van der Waals surface area contributed by atoms with Crippen LogP contribution in [0.1, 0.15) is 32.1 Å². The number of urea groups is 1. The average molecular weight is 314 g/mol. The van der Waals surface area contributed by atoms with E-state index in [1.807, 2.05) is 30.3 Å². The van der Waals surface area contributed by atoms with Crippen molar-refractivity contribution < 1.29 is 9.53 Å². The Hall–Kier alpha value is -1.71. The summed E-state index contributed by atoms with van der Waals surface area (Å²) in [6.45, 7) is 1.03. The van der Waals surface area contributed by atoms with E-state index in [1.165, 1.54) is 32.1 Å². The zero-order valence-corrected chi connectivity index (χ0v) is 13.5. The molecule has 2 amide bonds. The van der Waals surface area contributed by atoms with Gasteiger partial charge >= 0.3 is 6.03 Å². The number of benzene rings is 1. The number of ether oxygens (including phenoxy) is 1. The van der Waals surface area contributed by atoms with Gasteiger partial charge in [0.25, 0.3) is 0 Å². The number of carbonyl (C=O) groups excluding carboxylic acids is 1. The maximum atomic E-state index is 12.2. The number of nitrogens with one attached hydrogen (secondary N) is 2. The molecule has 0 radical (unpaired) electrons. The highest BCUT2D eigenvalue weighted by Crippen LogP contribution is 2.53. The number of amides is 2. The fourth-order valence-corrected chi connectivity index (χ4v) is 5.21. The highest BCUT2D eigenvalue weighted by Gasteiger charge is 2.48. The molecule has 0 saturated heterocycles. The van der Waals surface area contributed by atoms with Crippen LogP contribution in [-0.4, -0.2) is 25.2 Å².